The van der Waals surface area contributed by atoms with E-state index in [1.54, 1.807) is 7.11 Å². The number of aryl methyl sites for hydroxylation is 1. The molecule has 0 saturated carbocycles. The first-order chi connectivity index (χ1) is 9.58. The van der Waals surface area contributed by atoms with Crippen molar-refractivity contribution in [3.05, 3.63) is 59.2 Å². The predicted molar refractivity (Wildman–Crippen MR) is 83.8 cm³/mol. The molecule has 0 amide bonds. The number of rotatable bonds is 5. The smallest absolute Gasteiger partial charge is 0.119 e. The van der Waals surface area contributed by atoms with Gasteiger partial charge in [-0.1, -0.05) is 24.3 Å². The van der Waals surface area contributed by atoms with E-state index < -0.39 is 0 Å². The molecule has 0 aliphatic rings. The van der Waals surface area contributed by atoms with Gasteiger partial charge in [-0.25, -0.2) is 0 Å². The lowest BCUT2D eigenvalue weighted by Gasteiger charge is -2.18. The maximum absolute atomic E-state index is 5.95. The van der Waals surface area contributed by atoms with Crippen molar-refractivity contribution in [3.63, 3.8) is 0 Å². The lowest BCUT2D eigenvalue weighted by Crippen LogP contribution is -2.17. The summed E-state index contributed by atoms with van der Waals surface area (Å²) in [5.74, 6) is 0.899. The van der Waals surface area contributed by atoms with Gasteiger partial charge in [0.1, 0.15) is 5.75 Å². The van der Waals surface area contributed by atoms with Crippen LogP contribution in [0.15, 0.2) is 42.5 Å². The number of benzene rings is 2. The Morgan fingerprint density at radius 3 is 2.40 bits per heavy atom. The number of nitrogen functional groups attached to an aromatic ring is 1. The Balaban J connectivity index is 2.00. The number of anilines is 1. The summed E-state index contributed by atoms with van der Waals surface area (Å²) in [6.07, 6.45) is 0. The van der Waals surface area contributed by atoms with Crippen molar-refractivity contribution in [3.8, 4) is 5.75 Å². The van der Waals surface area contributed by atoms with Gasteiger partial charge in [-0.15, -0.1) is 0 Å². The summed E-state index contributed by atoms with van der Waals surface area (Å²) in [6.45, 7) is 3.78. The van der Waals surface area contributed by atoms with Gasteiger partial charge in [0.25, 0.3) is 0 Å². The lowest BCUT2D eigenvalue weighted by molar-refractivity contribution is 0.318. The van der Waals surface area contributed by atoms with E-state index in [4.69, 9.17) is 10.5 Å². The monoisotopic (exact) mass is 270 g/mol. The highest BCUT2D eigenvalue weighted by Gasteiger charge is 2.04. The van der Waals surface area contributed by atoms with Crippen LogP contribution >= 0.6 is 0 Å². The zero-order valence-electron chi connectivity index (χ0n) is 12.4. The molecule has 0 aromatic heterocycles. The molecule has 3 heteroatoms. The van der Waals surface area contributed by atoms with Gasteiger partial charge in [0.15, 0.2) is 0 Å². The van der Waals surface area contributed by atoms with Crippen LogP contribution in [0.2, 0.25) is 0 Å². The topological polar surface area (TPSA) is 38.5 Å². The van der Waals surface area contributed by atoms with Crippen molar-refractivity contribution in [2.24, 2.45) is 0 Å². The minimum absolute atomic E-state index is 0.859. The third kappa shape index (κ3) is 3.75. The van der Waals surface area contributed by atoms with E-state index in [1.165, 1.54) is 11.1 Å². The van der Waals surface area contributed by atoms with Gasteiger partial charge in [0, 0.05) is 18.8 Å². The van der Waals surface area contributed by atoms with E-state index in [0.717, 1.165) is 30.1 Å². The van der Waals surface area contributed by atoms with Crippen molar-refractivity contribution >= 4 is 5.69 Å². The van der Waals surface area contributed by atoms with Crippen LogP contribution in [0.25, 0.3) is 0 Å². The molecular formula is C17H22N2O. The fourth-order valence-electron chi connectivity index (χ4n) is 2.24. The molecule has 0 aliphatic heterocycles. The Labute approximate surface area is 121 Å². The maximum atomic E-state index is 5.95. The first kappa shape index (κ1) is 14.4. The average molecular weight is 270 g/mol. The van der Waals surface area contributed by atoms with Crippen LogP contribution in [0.4, 0.5) is 5.69 Å². The van der Waals surface area contributed by atoms with Crippen LogP contribution in [0.1, 0.15) is 16.7 Å². The van der Waals surface area contributed by atoms with Crippen LogP contribution < -0.4 is 10.5 Å². The molecule has 0 unspecified atom stereocenters. The molecule has 2 rings (SSSR count). The highest BCUT2D eigenvalue weighted by Crippen LogP contribution is 2.17. The third-order valence-electron chi connectivity index (χ3n) is 3.38. The van der Waals surface area contributed by atoms with Crippen LogP contribution in [0, 0.1) is 6.92 Å². The summed E-state index contributed by atoms with van der Waals surface area (Å²) < 4.78 is 5.25. The predicted octanol–water partition coefficient (Wildman–Crippen LogP) is 3.22. The second-order valence-corrected chi connectivity index (χ2v) is 5.21. The zero-order valence-corrected chi connectivity index (χ0v) is 12.4. The highest BCUT2D eigenvalue weighted by molar-refractivity contribution is 5.48. The molecule has 0 aliphatic carbocycles. The molecule has 3 nitrogen and oxygen atoms in total. The first-order valence-electron chi connectivity index (χ1n) is 6.75. The molecule has 0 bridgehead atoms. The van der Waals surface area contributed by atoms with Crippen molar-refractivity contribution in [2.75, 3.05) is 19.9 Å². The normalized spacial score (nSPS) is 10.8. The quantitative estimate of drug-likeness (QED) is 0.848. The molecule has 0 heterocycles. The number of nitrogens with zero attached hydrogens (tertiary/aromatic N) is 1. The minimum Gasteiger partial charge on any atom is -0.497 e. The molecule has 2 aromatic carbocycles. The molecule has 0 radical (unpaired) electrons. The molecule has 2 aromatic rings. The van der Waals surface area contributed by atoms with Gasteiger partial charge in [0.05, 0.1) is 7.11 Å². The van der Waals surface area contributed by atoms with Gasteiger partial charge >= 0.3 is 0 Å². The van der Waals surface area contributed by atoms with Gasteiger partial charge in [0.2, 0.25) is 0 Å². The average Bonchev–Trinajstić information content (AvgIpc) is 2.43. The van der Waals surface area contributed by atoms with Crippen LogP contribution in [0.5, 0.6) is 5.75 Å². The SMILES string of the molecule is COc1cccc(CN(C)Cc2ccc(C)c(N)c2)c1. The fourth-order valence-corrected chi connectivity index (χ4v) is 2.24. The standard InChI is InChI=1S/C17H22N2O/c1-13-7-8-15(10-17(13)18)12-19(2)11-14-5-4-6-16(9-14)20-3/h4-10H,11-12,18H2,1-3H3. The Bertz CT molecular complexity index is 581. The summed E-state index contributed by atoms with van der Waals surface area (Å²) in [7, 11) is 3.80. The first-order valence-corrected chi connectivity index (χ1v) is 6.75. The highest BCUT2D eigenvalue weighted by atomic mass is 16.5. The Kier molecular flexibility index (Phi) is 4.64. The van der Waals surface area contributed by atoms with Crippen molar-refractivity contribution in [1.29, 1.82) is 0 Å². The summed E-state index contributed by atoms with van der Waals surface area (Å²) in [4.78, 5) is 2.26. The van der Waals surface area contributed by atoms with Crippen molar-refractivity contribution in [2.45, 2.75) is 20.0 Å². The van der Waals surface area contributed by atoms with Gasteiger partial charge in [-0.3, -0.25) is 4.90 Å². The van der Waals surface area contributed by atoms with Crippen molar-refractivity contribution in [1.82, 2.24) is 4.90 Å². The Morgan fingerprint density at radius 1 is 1.05 bits per heavy atom. The summed E-state index contributed by atoms with van der Waals surface area (Å²) in [5.41, 5.74) is 10.4. The van der Waals surface area contributed by atoms with E-state index >= 15 is 0 Å². The van der Waals surface area contributed by atoms with Gasteiger partial charge in [-0.05, 0) is 48.9 Å². The molecule has 106 valence electrons. The molecular weight excluding hydrogens is 248 g/mol. The summed E-state index contributed by atoms with van der Waals surface area (Å²) in [6, 6.07) is 14.4. The summed E-state index contributed by atoms with van der Waals surface area (Å²) in [5, 5.41) is 0. The Hall–Kier alpha value is -2.00. The number of hydrogen-bond acceptors (Lipinski definition) is 3. The maximum Gasteiger partial charge on any atom is 0.119 e. The second-order valence-electron chi connectivity index (χ2n) is 5.21. The summed E-state index contributed by atoms with van der Waals surface area (Å²) >= 11 is 0. The number of methoxy groups -OCH3 is 1. The fraction of sp³-hybridized carbons (Fsp3) is 0.294. The largest absolute Gasteiger partial charge is 0.497 e. The second kappa shape index (κ2) is 6.44. The molecule has 0 spiro atoms. The van der Waals surface area contributed by atoms with Gasteiger partial charge < -0.3 is 10.5 Å². The number of hydrogen-bond donors (Lipinski definition) is 1. The van der Waals surface area contributed by atoms with E-state index in [9.17, 15) is 0 Å². The van der Waals surface area contributed by atoms with Crippen LogP contribution in [0.3, 0.4) is 0 Å². The molecule has 0 atom stereocenters. The molecule has 0 saturated heterocycles. The molecule has 0 fully saturated rings. The van der Waals surface area contributed by atoms with E-state index in [0.29, 0.717) is 0 Å². The van der Waals surface area contributed by atoms with Crippen LogP contribution in [-0.2, 0) is 13.1 Å². The lowest BCUT2D eigenvalue weighted by atomic mass is 10.1. The van der Waals surface area contributed by atoms with Gasteiger partial charge in [-0.2, -0.15) is 0 Å². The molecule has 20 heavy (non-hydrogen) atoms. The minimum atomic E-state index is 0.859. The molecule has 2 N–H and O–H groups in total. The van der Waals surface area contributed by atoms with E-state index in [-0.39, 0.29) is 0 Å². The zero-order chi connectivity index (χ0) is 14.5. The number of nitrogens with two attached hydrogens (primary N) is 1. The number of ether oxygens (including phenoxy) is 1. The Morgan fingerprint density at radius 2 is 1.75 bits per heavy atom. The third-order valence-corrected chi connectivity index (χ3v) is 3.38. The van der Waals surface area contributed by atoms with E-state index in [2.05, 4.69) is 42.3 Å². The van der Waals surface area contributed by atoms with E-state index in [1.807, 2.05) is 19.1 Å². The van der Waals surface area contributed by atoms with Crippen molar-refractivity contribution < 1.29 is 4.74 Å². The van der Waals surface area contributed by atoms with Crippen LogP contribution in [-0.4, -0.2) is 19.1 Å².